The predicted molar refractivity (Wildman–Crippen MR) is 94.1 cm³/mol. The topological polar surface area (TPSA) is 76.6 Å². The van der Waals surface area contributed by atoms with Gasteiger partial charge in [-0.3, -0.25) is 4.79 Å². The molecule has 1 aromatic heterocycles. The van der Waals surface area contributed by atoms with Gasteiger partial charge in [-0.15, -0.1) is 0 Å². The second-order valence-corrected chi connectivity index (χ2v) is 5.78. The first-order valence-corrected chi connectivity index (χ1v) is 8.35. The molecular weight excluding hydrogens is 320 g/mol. The summed E-state index contributed by atoms with van der Waals surface area (Å²) in [5, 5.41) is 2.83. The molecule has 0 aliphatic carbocycles. The Morgan fingerprint density at radius 2 is 2.00 bits per heavy atom. The van der Waals surface area contributed by atoms with Gasteiger partial charge in [0.2, 0.25) is 5.88 Å². The van der Waals surface area contributed by atoms with Crippen LogP contribution in [0.4, 0.5) is 5.82 Å². The third-order valence-electron chi connectivity index (χ3n) is 3.91. The number of aryl methyl sites for hydroxylation is 1. The normalized spacial score (nSPS) is 14.2. The summed E-state index contributed by atoms with van der Waals surface area (Å²) < 4.78 is 11.0. The van der Waals surface area contributed by atoms with E-state index >= 15 is 0 Å². The van der Waals surface area contributed by atoms with Crippen molar-refractivity contribution in [2.75, 3.05) is 44.4 Å². The van der Waals surface area contributed by atoms with Gasteiger partial charge >= 0.3 is 0 Å². The molecule has 0 radical (unpaired) electrons. The fourth-order valence-electron chi connectivity index (χ4n) is 2.50. The highest BCUT2D eigenvalue weighted by Gasteiger charge is 2.13. The molecular formula is C18H22N4O3. The molecule has 7 nitrogen and oxygen atoms in total. The van der Waals surface area contributed by atoms with Crippen LogP contribution in [0.2, 0.25) is 0 Å². The van der Waals surface area contributed by atoms with Crippen LogP contribution in [0.5, 0.6) is 5.88 Å². The lowest BCUT2D eigenvalue weighted by molar-refractivity contribution is 0.0946. The lowest BCUT2D eigenvalue weighted by Gasteiger charge is -2.27. The first kappa shape index (κ1) is 17.2. The van der Waals surface area contributed by atoms with Crippen molar-refractivity contribution in [2.24, 2.45) is 0 Å². The van der Waals surface area contributed by atoms with Crippen LogP contribution < -0.4 is 15.0 Å². The maximum atomic E-state index is 12.0. The number of ether oxygens (including phenoxy) is 2. The number of aromatic nitrogens is 2. The minimum Gasteiger partial charge on any atom is -0.476 e. The van der Waals surface area contributed by atoms with Crippen molar-refractivity contribution in [3.63, 3.8) is 0 Å². The molecule has 0 bridgehead atoms. The molecule has 1 fully saturated rings. The van der Waals surface area contributed by atoms with Gasteiger partial charge in [0.15, 0.2) is 0 Å². The van der Waals surface area contributed by atoms with E-state index in [1.54, 1.807) is 0 Å². The highest BCUT2D eigenvalue weighted by molar-refractivity contribution is 5.94. The van der Waals surface area contributed by atoms with Crippen LogP contribution in [0.1, 0.15) is 15.9 Å². The standard InChI is InChI=1S/C18H22N4O3/c1-14-2-4-15(5-3-14)18(23)19-6-9-25-17-12-16(20-13-21-17)22-7-10-24-11-8-22/h2-5,12-13H,6-11H2,1H3,(H,19,23). The van der Waals surface area contributed by atoms with Crippen LogP contribution in [0.15, 0.2) is 36.7 Å². The van der Waals surface area contributed by atoms with E-state index in [1.165, 1.54) is 6.33 Å². The van der Waals surface area contributed by atoms with Crippen molar-refractivity contribution < 1.29 is 14.3 Å². The Morgan fingerprint density at radius 3 is 2.76 bits per heavy atom. The maximum Gasteiger partial charge on any atom is 0.251 e. The fourth-order valence-corrected chi connectivity index (χ4v) is 2.50. The van der Waals surface area contributed by atoms with Gasteiger partial charge in [0, 0.05) is 24.7 Å². The van der Waals surface area contributed by atoms with Crippen LogP contribution in [0.25, 0.3) is 0 Å². The molecule has 25 heavy (non-hydrogen) atoms. The molecule has 1 saturated heterocycles. The summed E-state index contributed by atoms with van der Waals surface area (Å²) >= 11 is 0. The lowest BCUT2D eigenvalue weighted by Crippen LogP contribution is -2.36. The van der Waals surface area contributed by atoms with Crippen molar-refractivity contribution in [2.45, 2.75) is 6.92 Å². The summed E-state index contributed by atoms with van der Waals surface area (Å²) in [6.45, 7) is 5.76. The van der Waals surface area contributed by atoms with E-state index in [0.29, 0.717) is 37.8 Å². The van der Waals surface area contributed by atoms with Gasteiger partial charge in [-0.1, -0.05) is 17.7 Å². The van der Waals surface area contributed by atoms with Gasteiger partial charge < -0.3 is 19.7 Å². The highest BCUT2D eigenvalue weighted by atomic mass is 16.5. The summed E-state index contributed by atoms with van der Waals surface area (Å²) in [6.07, 6.45) is 1.49. The Hall–Kier alpha value is -2.67. The molecule has 1 amide bonds. The van der Waals surface area contributed by atoms with Gasteiger partial charge in [-0.25, -0.2) is 9.97 Å². The molecule has 2 aromatic rings. The van der Waals surface area contributed by atoms with Crippen LogP contribution in [0, 0.1) is 6.92 Å². The maximum absolute atomic E-state index is 12.0. The SMILES string of the molecule is Cc1ccc(C(=O)NCCOc2cc(N3CCOCC3)ncn2)cc1. The van der Waals surface area contributed by atoms with E-state index < -0.39 is 0 Å². The summed E-state index contributed by atoms with van der Waals surface area (Å²) in [5.74, 6) is 1.22. The second-order valence-electron chi connectivity index (χ2n) is 5.78. The van der Waals surface area contributed by atoms with Crippen LogP contribution in [0.3, 0.4) is 0 Å². The van der Waals surface area contributed by atoms with Crippen molar-refractivity contribution in [1.29, 1.82) is 0 Å². The lowest BCUT2D eigenvalue weighted by atomic mass is 10.1. The Balaban J connectivity index is 1.45. The number of anilines is 1. The van der Waals surface area contributed by atoms with E-state index in [1.807, 2.05) is 37.3 Å². The summed E-state index contributed by atoms with van der Waals surface area (Å²) in [5.41, 5.74) is 1.77. The van der Waals surface area contributed by atoms with Crippen molar-refractivity contribution in [3.05, 3.63) is 47.8 Å². The molecule has 0 spiro atoms. The number of hydrogen-bond acceptors (Lipinski definition) is 6. The van der Waals surface area contributed by atoms with E-state index in [9.17, 15) is 4.79 Å². The number of carbonyl (C=O) groups excluding carboxylic acids is 1. The smallest absolute Gasteiger partial charge is 0.251 e. The molecule has 1 aliphatic heterocycles. The van der Waals surface area contributed by atoms with E-state index in [2.05, 4.69) is 20.2 Å². The monoisotopic (exact) mass is 342 g/mol. The van der Waals surface area contributed by atoms with Crippen molar-refractivity contribution >= 4 is 11.7 Å². The number of hydrogen-bond donors (Lipinski definition) is 1. The first-order chi connectivity index (χ1) is 12.2. The van der Waals surface area contributed by atoms with Gasteiger partial charge in [-0.2, -0.15) is 0 Å². The third-order valence-corrected chi connectivity index (χ3v) is 3.91. The van der Waals surface area contributed by atoms with E-state index in [0.717, 1.165) is 24.5 Å². The second kappa shape index (κ2) is 8.43. The predicted octanol–water partition coefficient (Wildman–Crippen LogP) is 1.43. The zero-order chi connectivity index (χ0) is 17.5. The Kier molecular flexibility index (Phi) is 5.79. The van der Waals surface area contributed by atoms with Gasteiger partial charge in [0.1, 0.15) is 18.8 Å². The van der Waals surface area contributed by atoms with Gasteiger partial charge in [0.05, 0.1) is 19.8 Å². The molecule has 7 heteroatoms. The minimum absolute atomic E-state index is 0.111. The summed E-state index contributed by atoms with van der Waals surface area (Å²) in [6, 6.07) is 9.27. The number of carbonyl (C=O) groups is 1. The van der Waals surface area contributed by atoms with Crippen LogP contribution in [-0.2, 0) is 4.74 Å². The number of nitrogens with one attached hydrogen (secondary N) is 1. The van der Waals surface area contributed by atoms with E-state index in [4.69, 9.17) is 9.47 Å². The van der Waals surface area contributed by atoms with Crippen molar-refractivity contribution in [1.82, 2.24) is 15.3 Å². The van der Waals surface area contributed by atoms with E-state index in [-0.39, 0.29) is 5.91 Å². The Bertz CT molecular complexity index is 700. The number of rotatable bonds is 6. The first-order valence-electron chi connectivity index (χ1n) is 8.35. The molecule has 3 rings (SSSR count). The number of benzene rings is 1. The molecule has 1 aromatic carbocycles. The van der Waals surface area contributed by atoms with Crippen LogP contribution in [-0.4, -0.2) is 55.3 Å². The number of amides is 1. The zero-order valence-electron chi connectivity index (χ0n) is 14.3. The Labute approximate surface area is 147 Å². The molecule has 0 unspecified atom stereocenters. The Morgan fingerprint density at radius 1 is 1.24 bits per heavy atom. The van der Waals surface area contributed by atoms with Crippen molar-refractivity contribution in [3.8, 4) is 5.88 Å². The fraction of sp³-hybridized carbons (Fsp3) is 0.389. The molecule has 0 atom stereocenters. The number of nitrogens with zero attached hydrogens (tertiary/aromatic N) is 3. The molecule has 132 valence electrons. The largest absolute Gasteiger partial charge is 0.476 e. The zero-order valence-corrected chi connectivity index (χ0v) is 14.3. The third kappa shape index (κ3) is 4.90. The quantitative estimate of drug-likeness (QED) is 0.801. The molecule has 1 N–H and O–H groups in total. The minimum atomic E-state index is -0.111. The highest BCUT2D eigenvalue weighted by Crippen LogP contribution is 2.16. The average molecular weight is 342 g/mol. The summed E-state index contributed by atoms with van der Waals surface area (Å²) in [4.78, 5) is 22.5. The van der Waals surface area contributed by atoms with Crippen LogP contribution >= 0.6 is 0 Å². The average Bonchev–Trinajstić information content (AvgIpc) is 2.66. The van der Waals surface area contributed by atoms with Gasteiger partial charge in [0.25, 0.3) is 5.91 Å². The van der Waals surface area contributed by atoms with Gasteiger partial charge in [-0.05, 0) is 19.1 Å². The molecule has 1 aliphatic rings. The molecule has 2 heterocycles. The summed E-state index contributed by atoms with van der Waals surface area (Å²) in [7, 11) is 0. The molecule has 0 saturated carbocycles. The number of morpholine rings is 1.